The number of rotatable bonds is 22. The third-order valence-electron chi connectivity index (χ3n) is 8.28. The number of benzene rings is 2. The van der Waals surface area contributed by atoms with E-state index in [4.69, 9.17) is 22.9 Å². The van der Waals surface area contributed by atoms with Crippen molar-refractivity contribution in [2.24, 2.45) is 33.8 Å². The van der Waals surface area contributed by atoms with Gasteiger partial charge in [0.15, 0.2) is 5.96 Å². The summed E-state index contributed by atoms with van der Waals surface area (Å²) in [5, 5.41) is 8.01. The van der Waals surface area contributed by atoms with Crippen molar-refractivity contribution >= 4 is 47.5 Å². The standard InChI is InChI=1S/C38H54FN9O6/c1-24(2)22-31(36(53)45-29(34(41)51)13-9-21-44-38(42)43)47-35(52)30(12-7-8-20-40)46-37(54)32(23-27-14-17-28(39)18-15-27)48(25(3)49)33(50)19-16-26-10-5-4-6-11-26/h4-6,10-11,14-19,24,29-32H,7-9,12-13,20-23,40H2,1-3H3,(H2,41,51)(H,45,53)(H,46,54)(H,47,52)(H4,42,43,44)/b19-16+. The number of nitrogens with one attached hydrogen (secondary N) is 3. The summed E-state index contributed by atoms with van der Waals surface area (Å²) >= 11 is 0. The zero-order valence-electron chi connectivity index (χ0n) is 31.1. The first-order valence-electron chi connectivity index (χ1n) is 17.9. The Labute approximate surface area is 315 Å². The van der Waals surface area contributed by atoms with Crippen molar-refractivity contribution in [3.63, 3.8) is 0 Å². The maximum absolute atomic E-state index is 14.2. The first-order chi connectivity index (χ1) is 25.6. The first kappa shape index (κ1) is 44.5. The number of hydrogen-bond acceptors (Lipinski definition) is 8. The Hall–Kier alpha value is -5.64. The number of aliphatic imine (C=N–C) groups is 1. The number of carbonyl (C=O) groups is 6. The number of nitrogens with zero attached hydrogens (tertiary/aromatic N) is 2. The highest BCUT2D eigenvalue weighted by Crippen LogP contribution is 2.15. The van der Waals surface area contributed by atoms with Crippen LogP contribution >= 0.6 is 0 Å². The van der Waals surface area contributed by atoms with E-state index in [0.717, 1.165) is 11.8 Å². The summed E-state index contributed by atoms with van der Waals surface area (Å²) in [7, 11) is 0. The van der Waals surface area contributed by atoms with Gasteiger partial charge in [-0.2, -0.15) is 0 Å². The van der Waals surface area contributed by atoms with Crippen LogP contribution in [0.1, 0.15) is 70.4 Å². The predicted octanol–water partition coefficient (Wildman–Crippen LogP) is 0.994. The minimum absolute atomic E-state index is 0.0839. The number of primary amides is 1. The van der Waals surface area contributed by atoms with Gasteiger partial charge in [0.2, 0.25) is 29.5 Å². The third kappa shape index (κ3) is 15.9. The molecule has 0 saturated heterocycles. The molecule has 2 rings (SSSR count). The summed E-state index contributed by atoms with van der Waals surface area (Å²) in [4.78, 5) is 85.0. The SMILES string of the molecule is CC(=O)N(C(=O)/C=C/c1ccccc1)C(Cc1ccc(F)cc1)C(=O)NC(CCCCN)C(=O)NC(CC(C)C)C(=O)NC(CCCN=C(N)N)C(N)=O. The molecule has 0 radical (unpaired) electrons. The molecule has 4 atom stereocenters. The highest BCUT2D eigenvalue weighted by atomic mass is 19.1. The number of imide groups is 1. The fraction of sp³-hybridized carbons (Fsp3) is 0.447. The molecule has 16 heteroatoms. The van der Waals surface area contributed by atoms with Gasteiger partial charge in [0.05, 0.1) is 0 Å². The lowest BCUT2D eigenvalue weighted by Gasteiger charge is -2.30. The molecule has 0 aromatic heterocycles. The summed E-state index contributed by atoms with van der Waals surface area (Å²) < 4.78 is 13.8. The van der Waals surface area contributed by atoms with Crippen LogP contribution in [-0.2, 0) is 35.2 Å². The summed E-state index contributed by atoms with van der Waals surface area (Å²) in [6.07, 6.45) is 4.15. The average Bonchev–Trinajstić information content (AvgIpc) is 3.11. The van der Waals surface area contributed by atoms with Crippen LogP contribution in [0.15, 0.2) is 65.7 Å². The van der Waals surface area contributed by atoms with E-state index in [0.29, 0.717) is 36.9 Å². The lowest BCUT2D eigenvalue weighted by molar-refractivity contribution is -0.148. The molecule has 15 nitrogen and oxygen atoms in total. The molecule has 294 valence electrons. The maximum atomic E-state index is 14.2. The van der Waals surface area contributed by atoms with Crippen LogP contribution in [-0.4, -0.2) is 83.6 Å². The van der Waals surface area contributed by atoms with Crippen molar-refractivity contribution in [3.8, 4) is 0 Å². The van der Waals surface area contributed by atoms with Crippen LogP contribution in [0.4, 0.5) is 4.39 Å². The molecule has 0 bridgehead atoms. The van der Waals surface area contributed by atoms with E-state index in [-0.39, 0.29) is 44.1 Å². The quantitative estimate of drug-likeness (QED) is 0.0391. The fourth-order valence-corrected chi connectivity index (χ4v) is 5.55. The van der Waals surface area contributed by atoms with Crippen LogP contribution < -0.4 is 38.9 Å². The number of guanidine groups is 1. The molecule has 6 amide bonds. The van der Waals surface area contributed by atoms with E-state index in [9.17, 15) is 33.2 Å². The zero-order chi connectivity index (χ0) is 40.2. The zero-order valence-corrected chi connectivity index (χ0v) is 31.1. The van der Waals surface area contributed by atoms with E-state index < -0.39 is 65.4 Å². The molecular weight excluding hydrogens is 697 g/mol. The van der Waals surface area contributed by atoms with Gasteiger partial charge in [-0.25, -0.2) is 4.39 Å². The summed E-state index contributed by atoms with van der Waals surface area (Å²) in [6.45, 7) is 5.34. The van der Waals surface area contributed by atoms with Crippen LogP contribution in [0.3, 0.4) is 0 Å². The van der Waals surface area contributed by atoms with Crippen molar-refractivity contribution in [2.45, 2.75) is 89.9 Å². The molecule has 0 aliphatic heterocycles. The smallest absolute Gasteiger partial charge is 0.253 e. The van der Waals surface area contributed by atoms with E-state index in [1.807, 2.05) is 13.8 Å². The van der Waals surface area contributed by atoms with Gasteiger partial charge < -0.3 is 38.9 Å². The maximum Gasteiger partial charge on any atom is 0.253 e. The van der Waals surface area contributed by atoms with E-state index in [1.54, 1.807) is 30.3 Å². The second-order valence-corrected chi connectivity index (χ2v) is 13.3. The van der Waals surface area contributed by atoms with Gasteiger partial charge >= 0.3 is 0 Å². The molecule has 0 aliphatic rings. The second-order valence-electron chi connectivity index (χ2n) is 13.3. The third-order valence-corrected chi connectivity index (χ3v) is 8.28. The monoisotopic (exact) mass is 751 g/mol. The lowest BCUT2D eigenvalue weighted by atomic mass is 10.00. The van der Waals surface area contributed by atoms with Crippen molar-refractivity contribution < 1.29 is 33.2 Å². The van der Waals surface area contributed by atoms with Gasteiger partial charge in [0.25, 0.3) is 5.91 Å². The van der Waals surface area contributed by atoms with Crippen molar-refractivity contribution in [1.82, 2.24) is 20.9 Å². The molecule has 11 N–H and O–H groups in total. The first-order valence-corrected chi connectivity index (χ1v) is 17.9. The largest absolute Gasteiger partial charge is 0.370 e. The Morgan fingerprint density at radius 2 is 1.39 bits per heavy atom. The second kappa shape index (κ2) is 23.1. The van der Waals surface area contributed by atoms with Gasteiger partial charge in [-0.1, -0.05) is 56.3 Å². The van der Waals surface area contributed by atoms with Crippen LogP contribution in [0.2, 0.25) is 0 Å². The molecular formula is C38H54FN9O6. The van der Waals surface area contributed by atoms with Gasteiger partial charge in [0, 0.05) is 26.0 Å². The number of amides is 6. The Balaban J connectivity index is 2.41. The van der Waals surface area contributed by atoms with Crippen molar-refractivity contribution in [3.05, 3.63) is 77.6 Å². The predicted molar refractivity (Wildman–Crippen MR) is 204 cm³/mol. The summed E-state index contributed by atoms with van der Waals surface area (Å²) in [5.41, 5.74) is 23.1. The van der Waals surface area contributed by atoms with E-state index in [2.05, 4.69) is 20.9 Å². The molecule has 0 heterocycles. The molecule has 2 aromatic rings. The number of halogens is 1. The van der Waals surface area contributed by atoms with Crippen molar-refractivity contribution in [2.75, 3.05) is 13.1 Å². The topological polar surface area (TPSA) is 258 Å². The molecule has 0 saturated carbocycles. The molecule has 0 fully saturated rings. The average molecular weight is 752 g/mol. The van der Waals surface area contributed by atoms with Crippen LogP contribution in [0, 0.1) is 11.7 Å². The van der Waals surface area contributed by atoms with Crippen LogP contribution in [0.5, 0.6) is 0 Å². The Morgan fingerprint density at radius 1 is 0.796 bits per heavy atom. The minimum atomic E-state index is -1.45. The fourth-order valence-electron chi connectivity index (χ4n) is 5.55. The minimum Gasteiger partial charge on any atom is -0.370 e. The number of carbonyl (C=O) groups excluding carboxylic acids is 6. The molecule has 0 aliphatic carbocycles. The molecule has 4 unspecified atom stereocenters. The van der Waals surface area contributed by atoms with E-state index >= 15 is 0 Å². The Morgan fingerprint density at radius 3 is 1.96 bits per heavy atom. The number of unbranched alkanes of at least 4 members (excludes halogenated alkanes) is 1. The lowest BCUT2D eigenvalue weighted by Crippen LogP contribution is -2.59. The van der Waals surface area contributed by atoms with Crippen LogP contribution in [0.25, 0.3) is 6.08 Å². The van der Waals surface area contributed by atoms with Gasteiger partial charge in [-0.15, -0.1) is 0 Å². The van der Waals surface area contributed by atoms with Gasteiger partial charge in [0.1, 0.15) is 30.0 Å². The number of nitrogens with two attached hydrogens (primary N) is 4. The normalized spacial score (nSPS) is 13.3. The molecule has 0 spiro atoms. The van der Waals surface area contributed by atoms with E-state index in [1.165, 1.54) is 36.4 Å². The summed E-state index contributed by atoms with van der Waals surface area (Å²) in [5.74, 6) is -5.24. The Kier molecular flexibility index (Phi) is 19.1. The van der Waals surface area contributed by atoms with Gasteiger partial charge in [-0.3, -0.25) is 38.7 Å². The Bertz CT molecular complexity index is 1610. The van der Waals surface area contributed by atoms with Crippen molar-refractivity contribution in [1.29, 1.82) is 0 Å². The molecule has 54 heavy (non-hydrogen) atoms. The summed E-state index contributed by atoms with van der Waals surface area (Å²) in [6, 6.07) is 9.23. The molecule has 2 aromatic carbocycles. The highest BCUT2D eigenvalue weighted by molar-refractivity contribution is 6.06. The highest BCUT2D eigenvalue weighted by Gasteiger charge is 2.35. The van der Waals surface area contributed by atoms with Gasteiger partial charge in [-0.05, 0) is 80.3 Å². The number of hydrogen-bond donors (Lipinski definition) is 7.